The van der Waals surface area contributed by atoms with E-state index >= 15 is 0 Å². The molecule has 4 nitrogen and oxygen atoms in total. The number of hydrogen-bond acceptors (Lipinski definition) is 3. The zero-order valence-electron chi connectivity index (χ0n) is 13.9. The van der Waals surface area contributed by atoms with Crippen LogP contribution in [0.2, 0.25) is 0 Å². The third-order valence-corrected chi connectivity index (χ3v) is 4.06. The number of aliphatic hydroxyl groups excluding tert-OH is 1. The first-order valence-electron chi connectivity index (χ1n) is 7.74. The summed E-state index contributed by atoms with van der Waals surface area (Å²) in [6.07, 6.45) is 0. The SMILES string of the molecule is CN(CCO)c1ccc(NC(=O)C(C)(C)c2ccccc2)cc1. The zero-order valence-corrected chi connectivity index (χ0v) is 13.9. The molecule has 0 fully saturated rings. The van der Waals surface area contributed by atoms with E-state index in [0.717, 1.165) is 16.9 Å². The van der Waals surface area contributed by atoms with E-state index in [0.29, 0.717) is 6.54 Å². The van der Waals surface area contributed by atoms with Crippen LogP contribution in [0.1, 0.15) is 19.4 Å². The van der Waals surface area contributed by atoms with Gasteiger partial charge < -0.3 is 15.3 Å². The summed E-state index contributed by atoms with van der Waals surface area (Å²) in [5.74, 6) is -0.0415. The molecule has 2 aromatic carbocycles. The van der Waals surface area contributed by atoms with Gasteiger partial charge in [0.2, 0.25) is 5.91 Å². The van der Waals surface area contributed by atoms with E-state index in [-0.39, 0.29) is 12.5 Å². The molecule has 1 amide bonds. The lowest BCUT2D eigenvalue weighted by molar-refractivity contribution is -0.120. The molecule has 0 aliphatic rings. The maximum Gasteiger partial charge on any atom is 0.234 e. The predicted octanol–water partition coefficient (Wildman–Crippen LogP) is 3.03. The fourth-order valence-electron chi connectivity index (χ4n) is 2.35. The van der Waals surface area contributed by atoms with Gasteiger partial charge in [0.25, 0.3) is 0 Å². The first kappa shape index (κ1) is 17.0. The van der Waals surface area contributed by atoms with Gasteiger partial charge in [-0.15, -0.1) is 0 Å². The maximum absolute atomic E-state index is 12.6. The molecule has 0 atom stereocenters. The maximum atomic E-state index is 12.6. The van der Waals surface area contributed by atoms with Crippen LogP contribution in [0.3, 0.4) is 0 Å². The molecule has 0 aliphatic heterocycles. The van der Waals surface area contributed by atoms with Crippen molar-refractivity contribution in [1.82, 2.24) is 0 Å². The lowest BCUT2D eigenvalue weighted by Gasteiger charge is -2.24. The molecule has 23 heavy (non-hydrogen) atoms. The van der Waals surface area contributed by atoms with E-state index in [1.807, 2.05) is 80.4 Å². The summed E-state index contributed by atoms with van der Waals surface area (Å²) in [5, 5.41) is 11.9. The average Bonchev–Trinajstić information content (AvgIpc) is 2.56. The number of hydrogen-bond donors (Lipinski definition) is 2. The Morgan fingerprint density at radius 3 is 2.26 bits per heavy atom. The highest BCUT2D eigenvalue weighted by atomic mass is 16.3. The number of benzene rings is 2. The number of nitrogens with one attached hydrogen (secondary N) is 1. The van der Waals surface area contributed by atoms with Crippen molar-refractivity contribution in [3.8, 4) is 0 Å². The highest BCUT2D eigenvalue weighted by Gasteiger charge is 2.29. The lowest BCUT2D eigenvalue weighted by atomic mass is 9.83. The molecule has 0 bridgehead atoms. The van der Waals surface area contributed by atoms with Gasteiger partial charge in [0.1, 0.15) is 0 Å². The minimum atomic E-state index is -0.604. The highest BCUT2D eigenvalue weighted by molar-refractivity contribution is 5.98. The van der Waals surface area contributed by atoms with Gasteiger partial charge in [-0.1, -0.05) is 30.3 Å². The van der Waals surface area contributed by atoms with Gasteiger partial charge in [-0.3, -0.25) is 4.79 Å². The minimum Gasteiger partial charge on any atom is -0.395 e. The molecule has 4 heteroatoms. The van der Waals surface area contributed by atoms with Gasteiger partial charge in [0, 0.05) is 25.0 Å². The largest absolute Gasteiger partial charge is 0.395 e. The quantitative estimate of drug-likeness (QED) is 0.862. The molecule has 0 aliphatic carbocycles. The summed E-state index contributed by atoms with van der Waals surface area (Å²) in [7, 11) is 1.92. The van der Waals surface area contributed by atoms with Crippen LogP contribution in [0.4, 0.5) is 11.4 Å². The molecule has 122 valence electrons. The number of carbonyl (C=O) groups is 1. The number of amides is 1. The van der Waals surface area contributed by atoms with Crippen molar-refractivity contribution >= 4 is 17.3 Å². The van der Waals surface area contributed by atoms with E-state index in [2.05, 4.69) is 5.32 Å². The van der Waals surface area contributed by atoms with Crippen LogP contribution in [0, 0.1) is 0 Å². The molecular weight excluding hydrogens is 288 g/mol. The van der Waals surface area contributed by atoms with Crippen LogP contribution in [-0.2, 0) is 10.2 Å². The summed E-state index contributed by atoms with van der Waals surface area (Å²) < 4.78 is 0. The van der Waals surface area contributed by atoms with E-state index in [9.17, 15) is 4.79 Å². The van der Waals surface area contributed by atoms with Gasteiger partial charge in [-0.2, -0.15) is 0 Å². The van der Waals surface area contributed by atoms with Crippen LogP contribution in [0.25, 0.3) is 0 Å². The van der Waals surface area contributed by atoms with Gasteiger partial charge in [-0.25, -0.2) is 0 Å². The standard InChI is InChI=1S/C19H24N2O2/c1-19(2,15-7-5-4-6-8-15)18(23)20-16-9-11-17(12-10-16)21(3)13-14-22/h4-12,22H,13-14H2,1-3H3,(H,20,23). The first-order valence-corrected chi connectivity index (χ1v) is 7.74. The van der Waals surface area contributed by atoms with Crippen molar-refractivity contribution in [3.63, 3.8) is 0 Å². The summed E-state index contributed by atoms with van der Waals surface area (Å²) >= 11 is 0. The summed E-state index contributed by atoms with van der Waals surface area (Å²) in [4.78, 5) is 14.6. The third kappa shape index (κ3) is 4.11. The molecule has 2 rings (SSSR count). The van der Waals surface area contributed by atoms with Crippen molar-refractivity contribution in [2.75, 3.05) is 30.4 Å². The third-order valence-electron chi connectivity index (χ3n) is 4.06. The van der Waals surface area contributed by atoms with Crippen molar-refractivity contribution in [2.45, 2.75) is 19.3 Å². The van der Waals surface area contributed by atoms with Crippen molar-refractivity contribution in [1.29, 1.82) is 0 Å². The molecule has 0 radical (unpaired) electrons. The molecule has 2 aromatic rings. The van der Waals surface area contributed by atoms with E-state index in [4.69, 9.17) is 5.11 Å². The molecule has 0 heterocycles. The van der Waals surface area contributed by atoms with E-state index in [1.54, 1.807) is 0 Å². The first-order chi connectivity index (χ1) is 10.9. The molecular formula is C19H24N2O2. The van der Waals surface area contributed by atoms with E-state index < -0.39 is 5.41 Å². The Kier molecular flexibility index (Phi) is 5.40. The van der Waals surface area contributed by atoms with Crippen LogP contribution in [-0.4, -0.2) is 31.2 Å². The smallest absolute Gasteiger partial charge is 0.234 e. The van der Waals surface area contributed by atoms with E-state index in [1.165, 1.54) is 0 Å². The normalized spacial score (nSPS) is 11.1. The second-order valence-electron chi connectivity index (χ2n) is 6.14. The second-order valence-corrected chi connectivity index (χ2v) is 6.14. The number of likely N-dealkylation sites (N-methyl/N-ethyl adjacent to an activating group) is 1. The zero-order chi connectivity index (χ0) is 16.9. The summed E-state index contributed by atoms with van der Waals surface area (Å²) in [6, 6.07) is 17.4. The van der Waals surface area contributed by atoms with Crippen molar-refractivity contribution < 1.29 is 9.90 Å². The monoisotopic (exact) mass is 312 g/mol. The Morgan fingerprint density at radius 2 is 1.70 bits per heavy atom. The summed E-state index contributed by atoms with van der Waals surface area (Å²) in [6.45, 7) is 4.52. The Bertz CT molecular complexity index is 636. The Labute approximate surface area is 137 Å². The van der Waals surface area contributed by atoms with Crippen molar-refractivity contribution in [2.24, 2.45) is 0 Å². The highest BCUT2D eigenvalue weighted by Crippen LogP contribution is 2.25. The number of carbonyl (C=O) groups excluding carboxylic acids is 1. The number of anilines is 2. The molecule has 0 spiro atoms. The van der Waals surface area contributed by atoms with Crippen LogP contribution in [0.15, 0.2) is 54.6 Å². The lowest BCUT2D eigenvalue weighted by Crippen LogP contribution is -2.34. The van der Waals surface area contributed by atoms with Gasteiger partial charge in [-0.05, 0) is 43.7 Å². The number of rotatable bonds is 6. The van der Waals surface area contributed by atoms with Crippen LogP contribution >= 0.6 is 0 Å². The predicted molar refractivity (Wildman–Crippen MR) is 94.9 cm³/mol. The number of aliphatic hydroxyl groups is 1. The topological polar surface area (TPSA) is 52.6 Å². The minimum absolute atomic E-state index is 0.0415. The van der Waals surface area contributed by atoms with Crippen LogP contribution in [0.5, 0.6) is 0 Å². The molecule has 0 saturated heterocycles. The fourth-order valence-corrected chi connectivity index (χ4v) is 2.35. The summed E-state index contributed by atoms with van der Waals surface area (Å²) in [5.41, 5.74) is 2.14. The Morgan fingerprint density at radius 1 is 1.09 bits per heavy atom. The fraction of sp³-hybridized carbons (Fsp3) is 0.316. The molecule has 2 N–H and O–H groups in total. The number of nitrogens with zero attached hydrogens (tertiary/aromatic N) is 1. The Balaban J connectivity index is 2.08. The van der Waals surface area contributed by atoms with Crippen molar-refractivity contribution in [3.05, 3.63) is 60.2 Å². The van der Waals surface area contributed by atoms with Crippen LogP contribution < -0.4 is 10.2 Å². The Hall–Kier alpha value is -2.33. The molecule has 0 unspecified atom stereocenters. The molecule has 0 aromatic heterocycles. The van der Waals surface area contributed by atoms with Gasteiger partial charge >= 0.3 is 0 Å². The molecule has 0 saturated carbocycles. The van der Waals surface area contributed by atoms with Gasteiger partial charge in [0.15, 0.2) is 0 Å². The van der Waals surface area contributed by atoms with Gasteiger partial charge in [0.05, 0.1) is 12.0 Å². The second kappa shape index (κ2) is 7.29. The average molecular weight is 312 g/mol.